The van der Waals surface area contributed by atoms with Crippen LogP contribution in [0, 0.1) is 12.7 Å². The number of nitrogens with one attached hydrogen (secondary N) is 1. The Bertz CT molecular complexity index is 523. The van der Waals surface area contributed by atoms with Gasteiger partial charge in [0, 0.05) is 24.4 Å². The molecule has 1 aromatic carbocycles. The zero-order chi connectivity index (χ0) is 13.7. The second kappa shape index (κ2) is 6.43. The lowest BCUT2D eigenvalue weighted by Gasteiger charge is -2.19. The van der Waals surface area contributed by atoms with Crippen molar-refractivity contribution in [3.8, 4) is 0 Å². The quantitative estimate of drug-likeness (QED) is 0.888. The summed E-state index contributed by atoms with van der Waals surface area (Å²) in [7, 11) is 0. The summed E-state index contributed by atoms with van der Waals surface area (Å²) in [6.45, 7) is 5.01. The fourth-order valence-corrected chi connectivity index (χ4v) is 2.17. The van der Waals surface area contributed by atoms with Crippen LogP contribution in [0.25, 0.3) is 0 Å². The lowest BCUT2D eigenvalue weighted by atomic mass is 9.99. The van der Waals surface area contributed by atoms with Crippen LogP contribution in [-0.4, -0.2) is 11.5 Å². The van der Waals surface area contributed by atoms with Crippen molar-refractivity contribution in [3.63, 3.8) is 0 Å². The highest BCUT2D eigenvalue weighted by molar-refractivity contribution is 5.25. The molecule has 0 aliphatic rings. The van der Waals surface area contributed by atoms with Crippen LogP contribution in [0.15, 0.2) is 42.6 Å². The van der Waals surface area contributed by atoms with Crippen molar-refractivity contribution in [1.82, 2.24) is 10.3 Å². The van der Waals surface area contributed by atoms with Gasteiger partial charge < -0.3 is 5.32 Å². The number of halogens is 1. The van der Waals surface area contributed by atoms with E-state index in [1.54, 1.807) is 0 Å². The summed E-state index contributed by atoms with van der Waals surface area (Å²) < 4.78 is 13.0. The summed E-state index contributed by atoms with van der Waals surface area (Å²) >= 11 is 0. The number of pyridine rings is 1. The molecule has 2 aromatic rings. The summed E-state index contributed by atoms with van der Waals surface area (Å²) in [4.78, 5) is 4.43. The van der Waals surface area contributed by atoms with Gasteiger partial charge in [-0.15, -0.1) is 0 Å². The molecule has 1 aromatic heterocycles. The smallest absolute Gasteiger partial charge is 0.123 e. The van der Waals surface area contributed by atoms with Crippen molar-refractivity contribution < 1.29 is 4.39 Å². The van der Waals surface area contributed by atoms with Gasteiger partial charge in [0.15, 0.2) is 0 Å². The van der Waals surface area contributed by atoms with E-state index in [9.17, 15) is 4.39 Å². The number of hydrogen-bond donors (Lipinski definition) is 1. The lowest BCUT2D eigenvalue weighted by molar-refractivity contribution is 0.540. The molecule has 19 heavy (non-hydrogen) atoms. The minimum absolute atomic E-state index is 0.166. The Morgan fingerprint density at radius 2 is 1.95 bits per heavy atom. The molecular weight excluding hydrogens is 239 g/mol. The highest BCUT2D eigenvalue weighted by Crippen LogP contribution is 2.19. The summed E-state index contributed by atoms with van der Waals surface area (Å²) in [6.07, 6.45) is 2.63. The van der Waals surface area contributed by atoms with Crippen LogP contribution < -0.4 is 5.32 Å². The Hall–Kier alpha value is -1.74. The average molecular weight is 258 g/mol. The van der Waals surface area contributed by atoms with Crippen molar-refractivity contribution in [1.29, 1.82) is 0 Å². The molecule has 0 saturated carbocycles. The van der Waals surface area contributed by atoms with Crippen molar-refractivity contribution in [3.05, 3.63) is 65.2 Å². The van der Waals surface area contributed by atoms with Crippen molar-refractivity contribution in [2.24, 2.45) is 0 Å². The van der Waals surface area contributed by atoms with E-state index in [4.69, 9.17) is 0 Å². The van der Waals surface area contributed by atoms with Crippen LogP contribution in [0.1, 0.15) is 29.8 Å². The van der Waals surface area contributed by atoms with Crippen molar-refractivity contribution in [2.75, 3.05) is 6.54 Å². The van der Waals surface area contributed by atoms with E-state index in [2.05, 4.69) is 30.2 Å². The number of likely N-dealkylation sites (N-methyl/N-ethyl adjacent to an activating group) is 1. The number of aryl methyl sites for hydroxylation is 1. The monoisotopic (exact) mass is 258 g/mol. The Labute approximate surface area is 113 Å². The zero-order valence-electron chi connectivity index (χ0n) is 11.4. The normalized spacial score (nSPS) is 12.4. The minimum atomic E-state index is -0.201. The molecule has 0 fully saturated rings. The Balaban J connectivity index is 2.21. The molecule has 0 saturated heterocycles. The fraction of sp³-hybridized carbons (Fsp3) is 0.312. The molecule has 1 unspecified atom stereocenters. The zero-order valence-corrected chi connectivity index (χ0v) is 11.4. The van der Waals surface area contributed by atoms with E-state index in [0.717, 1.165) is 24.2 Å². The molecule has 2 nitrogen and oxygen atoms in total. The largest absolute Gasteiger partial charge is 0.310 e. The van der Waals surface area contributed by atoms with Gasteiger partial charge in [-0.1, -0.05) is 25.1 Å². The number of aromatic nitrogens is 1. The van der Waals surface area contributed by atoms with Crippen LogP contribution in [0.2, 0.25) is 0 Å². The maximum Gasteiger partial charge on any atom is 0.123 e. The molecule has 2 rings (SSSR count). The molecule has 0 amide bonds. The molecule has 3 heteroatoms. The second-order valence-electron chi connectivity index (χ2n) is 4.63. The molecule has 1 heterocycles. The lowest BCUT2D eigenvalue weighted by Crippen LogP contribution is -2.23. The first-order chi connectivity index (χ1) is 9.20. The highest BCUT2D eigenvalue weighted by Gasteiger charge is 2.13. The first-order valence-electron chi connectivity index (χ1n) is 6.60. The SMILES string of the molecule is CCNC(Cc1ncccc1C)c1ccc(F)cc1. The van der Waals surface area contributed by atoms with E-state index < -0.39 is 0 Å². The summed E-state index contributed by atoms with van der Waals surface area (Å²) in [5, 5.41) is 3.43. The van der Waals surface area contributed by atoms with Gasteiger partial charge >= 0.3 is 0 Å². The van der Waals surface area contributed by atoms with Gasteiger partial charge in [0.25, 0.3) is 0 Å². The molecule has 1 N–H and O–H groups in total. The summed E-state index contributed by atoms with van der Waals surface area (Å²) in [5.74, 6) is -0.201. The number of benzene rings is 1. The summed E-state index contributed by atoms with van der Waals surface area (Å²) in [6, 6.07) is 10.9. The maximum absolute atomic E-state index is 13.0. The van der Waals surface area contributed by atoms with Gasteiger partial charge in [0.1, 0.15) is 5.82 Å². The average Bonchev–Trinajstić information content (AvgIpc) is 2.42. The molecule has 1 atom stereocenters. The van der Waals surface area contributed by atoms with E-state index in [-0.39, 0.29) is 11.9 Å². The molecule has 0 aliphatic carbocycles. The van der Waals surface area contributed by atoms with Gasteiger partial charge in [-0.05, 0) is 42.8 Å². The van der Waals surface area contributed by atoms with Crippen molar-refractivity contribution in [2.45, 2.75) is 26.3 Å². The topological polar surface area (TPSA) is 24.9 Å². The highest BCUT2D eigenvalue weighted by atomic mass is 19.1. The molecule has 0 spiro atoms. The molecule has 0 radical (unpaired) electrons. The van der Waals surface area contributed by atoms with Crippen molar-refractivity contribution >= 4 is 0 Å². The molecule has 0 aliphatic heterocycles. The first-order valence-corrected chi connectivity index (χ1v) is 6.60. The van der Waals surface area contributed by atoms with Crippen LogP contribution >= 0.6 is 0 Å². The number of rotatable bonds is 5. The van der Waals surface area contributed by atoms with Gasteiger partial charge in [0.05, 0.1) is 0 Å². The Morgan fingerprint density at radius 1 is 1.21 bits per heavy atom. The molecule has 100 valence electrons. The third-order valence-electron chi connectivity index (χ3n) is 3.24. The number of nitrogens with zero attached hydrogens (tertiary/aromatic N) is 1. The van der Waals surface area contributed by atoms with Gasteiger partial charge in [-0.3, -0.25) is 4.98 Å². The van der Waals surface area contributed by atoms with Crippen LogP contribution in [0.3, 0.4) is 0 Å². The van der Waals surface area contributed by atoms with Crippen LogP contribution in [-0.2, 0) is 6.42 Å². The van der Waals surface area contributed by atoms with Crippen LogP contribution in [0.4, 0.5) is 4.39 Å². The Morgan fingerprint density at radius 3 is 2.58 bits per heavy atom. The molecule has 0 bridgehead atoms. The minimum Gasteiger partial charge on any atom is -0.310 e. The van der Waals surface area contributed by atoms with E-state index in [0.29, 0.717) is 0 Å². The first kappa shape index (κ1) is 13.7. The third-order valence-corrected chi connectivity index (χ3v) is 3.24. The van der Waals surface area contributed by atoms with E-state index in [1.807, 2.05) is 24.4 Å². The summed E-state index contributed by atoms with van der Waals surface area (Å²) in [5.41, 5.74) is 3.36. The van der Waals surface area contributed by atoms with Gasteiger partial charge in [0.2, 0.25) is 0 Å². The third kappa shape index (κ3) is 3.61. The maximum atomic E-state index is 13.0. The fourth-order valence-electron chi connectivity index (χ4n) is 2.17. The van der Waals surface area contributed by atoms with E-state index in [1.165, 1.54) is 17.7 Å². The Kier molecular flexibility index (Phi) is 4.63. The van der Waals surface area contributed by atoms with Gasteiger partial charge in [-0.25, -0.2) is 4.39 Å². The molecular formula is C16H19FN2. The van der Waals surface area contributed by atoms with Gasteiger partial charge in [-0.2, -0.15) is 0 Å². The van der Waals surface area contributed by atoms with Crippen LogP contribution in [0.5, 0.6) is 0 Å². The predicted octanol–water partition coefficient (Wildman–Crippen LogP) is 3.42. The second-order valence-corrected chi connectivity index (χ2v) is 4.63. The predicted molar refractivity (Wildman–Crippen MR) is 75.5 cm³/mol. The van der Waals surface area contributed by atoms with E-state index >= 15 is 0 Å². The standard InChI is InChI=1S/C16H19FN2/c1-3-18-16(13-6-8-14(17)9-7-13)11-15-12(2)5-4-10-19-15/h4-10,16,18H,3,11H2,1-2H3. The number of hydrogen-bond acceptors (Lipinski definition) is 2.